The van der Waals surface area contributed by atoms with Crippen molar-refractivity contribution in [1.82, 2.24) is 14.6 Å². The molecular formula is C23H23N3O4S. The van der Waals surface area contributed by atoms with Crippen molar-refractivity contribution in [2.45, 2.75) is 24.3 Å². The van der Waals surface area contributed by atoms with E-state index in [2.05, 4.69) is 10.3 Å². The first-order valence-corrected chi connectivity index (χ1v) is 11.5. The van der Waals surface area contributed by atoms with Gasteiger partial charge in [-0.05, 0) is 60.9 Å². The number of rotatable bonds is 7. The van der Waals surface area contributed by atoms with E-state index < -0.39 is 10.0 Å². The molecule has 4 rings (SSSR count). The number of hydrogen-bond donors (Lipinski definition) is 1. The highest BCUT2D eigenvalue weighted by molar-refractivity contribution is 7.89. The Morgan fingerprint density at radius 1 is 1.00 bits per heavy atom. The van der Waals surface area contributed by atoms with Crippen LogP contribution in [0.2, 0.25) is 0 Å². The van der Waals surface area contributed by atoms with Gasteiger partial charge in [0.15, 0.2) is 0 Å². The molecule has 160 valence electrons. The predicted octanol–water partition coefficient (Wildman–Crippen LogP) is 3.59. The zero-order chi connectivity index (χ0) is 21.7. The van der Waals surface area contributed by atoms with Crippen LogP contribution in [-0.4, -0.2) is 36.7 Å². The van der Waals surface area contributed by atoms with E-state index in [9.17, 15) is 13.2 Å². The molecule has 1 saturated heterocycles. The van der Waals surface area contributed by atoms with Gasteiger partial charge in [-0.2, -0.15) is 4.31 Å². The van der Waals surface area contributed by atoms with Crippen molar-refractivity contribution in [3.05, 3.63) is 84.1 Å². The van der Waals surface area contributed by atoms with Gasteiger partial charge in [-0.1, -0.05) is 18.2 Å². The lowest BCUT2D eigenvalue weighted by Crippen LogP contribution is -2.28. The predicted molar refractivity (Wildman–Crippen MR) is 116 cm³/mol. The van der Waals surface area contributed by atoms with Gasteiger partial charge < -0.3 is 10.1 Å². The quantitative estimate of drug-likeness (QED) is 0.610. The summed E-state index contributed by atoms with van der Waals surface area (Å²) in [4.78, 5) is 16.8. The van der Waals surface area contributed by atoms with Crippen molar-refractivity contribution < 1.29 is 17.9 Å². The number of aromatic nitrogens is 1. The first-order valence-electron chi connectivity index (χ1n) is 10.1. The van der Waals surface area contributed by atoms with Gasteiger partial charge in [0.25, 0.3) is 5.91 Å². The fraction of sp³-hybridized carbons (Fsp3) is 0.217. The van der Waals surface area contributed by atoms with Crippen LogP contribution >= 0.6 is 0 Å². The van der Waals surface area contributed by atoms with Gasteiger partial charge in [0, 0.05) is 37.5 Å². The van der Waals surface area contributed by atoms with Gasteiger partial charge in [-0.25, -0.2) is 13.4 Å². The maximum Gasteiger partial charge on any atom is 0.251 e. The number of sulfonamides is 1. The Kier molecular flexibility index (Phi) is 6.29. The number of nitrogens with zero attached hydrogens (tertiary/aromatic N) is 2. The average molecular weight is 438 g/mol. The van der Waals surface area contributed by atoms with Crippen LogP contribution < -0.4 is 10.1 Å². The molecule has 7 nitrogen and oxygen atoms in total. The molecule has 1 N–H and O–H groups in total. The van der Waals surface area contributed by atoms with Gasteiger partial charge in [-0.15, -0.1) is 0 Å². The zero-order valence-corrected chi connectivity index (χ0v) is 17.7. The second kappa shape index (κ2) is 9.28. The van der Waals surface area contributed by atoms with E-state index in [0.29, 0.717) is 36.8 Å². The molecule has 1 aromatic heterocycles. The summed E-state index contributed by atoms with van der Waals surface area (Å²) in [5, 5.41) is 2.85. The van der Waals surface area contributed by atoms with Gasteiger partial charge in [0.05, 0.1) is 4.90 Å². The van der Waals surface area contributed by atoms with E-state index in [1.807, 2.05) is 36.4 Å². The number of nitrogens with one attached hydrogen (secondary N) is 1. The highest BCUT2D eigenvalue weighted by atomic mass is 32.2. The molecule has 0 spiro atoms. The highest BCUT2D eigenvalue weighted by Crippen LogP contribution is 2.22. The molecule has 1 aliphatic rings. The van der Waals surface area contributed by atoms with Crippen molar-refractivity contribution in [3.63, 3.8) is 0 Å². The van der Waals surface area contributed by atoms with Crippen LogP contribution in [0.4, 0.5) is 0 Å². The first kappa shape index (κ1) is 21.0. The zero-order valence-electron chi connectivity index (χ0n) is 16.9. The minimum atomic E-state index is -3.48. The van der Waals surface area contributed by atoms with Gasteiger partial charge in [0.2, 0.25) is 15.9 Å². The molecule has 3 aromatic rings. The van der Waals surface area contributed by atoms with Crippen LogP contribution in [0.15, 0.2) is 77.8 Å². The normalized spacial score (nSPS) is 14.3. The van der Waals surface area contributed by atoms with E-state index in [4.69, 9.17) is 4.74 Å². The molecule has 1 aliphatic heterocycles. The van der Waals surface area contributed by atoms with E-state index in [1.165, 1.54) is 16.4 Å². The van der Waals surface area contributed by atoms with Gasteiger partial charge in [0.1, 0.15) is 5.75 Å². The summed E-state index contributed by atoms with van der Waals surface area (Å²) in [6.45, 7) is 1.41. The summed E-state index contributed by atoms with van der Waals surface area (Å²) in [6.07, 6.45) is 3.42. The smallest absolute Gasteiger partial charge is 0.251 e. The summed E-state index contributed by atoms with van der Waals surface area (Å²) in [5.41, 5.74) is 1.27. The molecule has 0 saturated carbocycles. The maximum atomic E-state index is 12.6. The van der Waals surface area contributed by atoms with Crippen molar-refractivity contribution >= 4 is 15.9 Å². The number of benzene rings is 2. The molecule has 2 heterocycles. The summed E-state index contributed by atoms with van der Waals surface area (Å²) in [5.74, 6) is 0.843. The van der Waals surface area contributed by atoms with Crippen LogP contribution in [0, 0.1) is 0 Å². The molecule has 31 heavy (non-hydrogen) atoms. The molecule has 2 aromatic carbocycles. The number of pyridine rings is 1. The number of carbonyl (C=O) groups is 1. The number of carbonyl (C=O) groups excluding carboxylic acids is 1. The minimum Gasteiger partial charge on any atom is -0.439 e. The molecule has 0 atom stereocenters. The summed E-state index contributed by atoms with van der Waals surface area (Å²) < 4.78 is 32.4. The Morgan fingerprint density at radius 2 is 1.77 bits per heavy atom. The standard InChI is InChI=1S/C23H23N3O4S/c27-23(19-9-11-21(12-10-19)31(28,29)26-14-3-4-15-26)25-17-18-6-5-7-20(16-18)30-22-8-1-2-13-24-22/h1-2,5-13,16H,3-4,14-15,17H2,(H,25,27). The van der Waals surface area contributed by atoms with Crippen molar-refractivity contribution in [2.75, 3.05) is 13.1 Å². The van der Waals surface area contributed by atoms with Crippen molar-refractivity contribution in [2.24, 2.45) is 0 Å². The monoisotopic (exact) mass is 437 g/mol. The number of hydrogen-bond acceptors (Lipinski definition) is 5. The van der Waals surface area contributed by atoms with Crippen molar-refractivity contribution in [3.8, 4) is 11.6 Å². The fourth-order valence-corrected chi connectivity index (χ4v) is 4.90. The second-order valence-corrected chi connectivity index (χ2v) is 9.17. The van der Waals surface area contributed by atoms with Gasteiger partial charge in [-0.3, -0.25) is 4.79 Å². The summed E-state index contributed by atoms with van der Waals surface area (Å²) in [6, 6.07) is 18.9. The lowest BCUT2D eigenvalue weighted by atomic mass is 10.2. The van der Waals surface area contributed by atoms with E-state index in [0.717, 1.165) is 18.4 Å². The number of amides is 1. The Labute approximate surface area is 181 Å². The lowest BCUT2D eigenvalue weighted by molar-refractivity contribution is 0.0950. The molecular weight excluding hydrogens is 414 g/mol. The van der Waals surface area contributed by atoms with E-state index in [-0.39, 0.29) is 10.8 Å². The second-order valence-electron chi connectivity index (χ2n) is 7.24. The third kappa shape index (κ3) is 5.10. The van der Waals surface area contributed by atoms with E-state index in [1.54, 1.807) is 24.4 Å². The molecule has 0 radical (unpaired) electrons. The fourth-order valence-electron chi connectivity index (χ4n) is 3.39. The topological polar surface area (TPSA) is 88.6 Å². The van der Waals surface area contributed by atoms with Crippen LogP contribution in [0.1, 0.15) is 28.8 Å². The number of ether oxygens (including phenoxy) is 1. The Morgan fingerprint density at radius 3 is 2.48 bits per heavy atom. The first-order chi connectivity index (χ1) is 15.0. The minimum absolute atomic E-state index is 0.213. The molecule has 1 amide bonds. The Bertz CT molecular complexity index is 1140. The van der Waals surface area contributed by atoms with E-state index >= 15 is 0 Å². The van der Waals surface area contributed by atoms with Crippen molar-refractivity contribution in [1.29, 1.82) is 0 Å². The Balaban J connectivity index is 1.37. The maximum absolute atomic E-state index is 12.6. The van der Waals surface area contributed by atoms with Gasteiger partial charge >= 0.3 is 0 Å². The molecule has 0 unspecified atom stereocenters. The molecule has 1 fully saturated rings. The van der Waals surface area contributed by atoms with Crippen LogP contribution in [-0.2, 0) is 16.6 Å². The molecule has 0 bridgehead atoms. The molecule has 8 heteroatoms. The summed E-state index contributed by atoms with van der Waals surface area (Å²) in [7, 11) is -3.48. The average Bonchev–Trinajstić information content (AvgIpc) is 3.35. The van der Waals surface area contributed by atoms with Crippen LogP contribution in [0.5, 0.6) is 11.6 Å². The van der Waals surface area contributed by atoms with Crippen LogP contribution in [0.25, 0.3) is 0 Å². The highest BCUT2D eigenvalue weighted by Gasteiger charge is 2.27. The SMILES string of the molecule is O=C(NCc1cccc(Oc2ccccn2)c1)c1ccc(S(=O)(=O)N2CCCC2)cc1. The largest absolute Gasteiger partial charge is 0.439 e. The summed E-state index contributed by atoms with van der Waals surface area (Å²) >= 11 is 0. The molecule has 0 aliphatic carbocycles. The third-order valence-electron chi connectivity index (χ3n) is 5.03. The third-order valence-corrected chi connectivity index (χ3v) is 6.94. The Hall–Kier alpha value is -3.23. The lowest BCUT2D eigenvalue weighted by Gasteiger charge is -2.15. The van der Waals surface area contributed by atoms with Crippen LogP contribution in [0.3, 0.4) is 0 Å².